The fourth-order valence-electron chi connectivity index (χ4n) is 2.46. The van der Waals surface area contributed by atoms with Gasteiger partial charge >= 0.3 is 0 Å². The van der Waals surface area contributed by atoms with E-state index in [1.165, 1.54) is 12.1 Å². The average Bonchev–Trinajstić information content (AvgIpc) is 2.85. The maximum atomic E-state index is 13.6. The summed E-state index contributed by atoms with van der Waals surface area (Å²) in [6.45, 7) is 2.03. The number of rotatable bonds is 3. The second-order valence-electron chi connectivity index (χ2n) is 5.08. The van der Waals surface area contributed by atoms with Crippen LogP contribution in [0.2, 0.25) is 0 Å². The van der Waals surface area contributed by atoms with Crippen molar-refractivity contribution in [2.75, 3.05) is 5.32 Å². The molecule has 1 N–H and O–H groups in total. The molecule has 1 heterocycles. The fourth-order valence-corrected chi connectivity index (χ4v) is 2.46. The highest BCUT2D eigenvalue weighted by molar-refractivity contribution is 6.06. The van der Waals surface area contributed by atoms with Gasteiger partial charge < -0.3 is 9.88 Å². The minimum atomic E-state index is -0.456. The molecule has 3 rings (SSSR count). The molecule has 112 valence electrons. The molecule has 3 aromatic rings. The molecule has 0 atom stereocenters. The number of carbonyl (C=O) groups is 1. The van der Waals surface area contributed by atoms with Crippen molar-refractivity contribution in [3.63, 3.8) is 0 Å². The number of amides is 1. The molecule has 1 amide bonds. The molecule has 0 saturated carbocycles. The van der Waals surface area contributed by atoms with Crippen LogP contribution in [0.15, 0.2) is 42.5 Å². The van der Waals surface area contributed by atoms with Gasteiger partial charge in [-0.05, 0) is 30.3 Å². The molecule has 22 heavy (non-hydrogen) atoms. The van der Waals surface area contributed by atoms with Crippen LogP contribution in [0.4, 0.5) is 10.1 Å². The lowest BCUT2D eigenvalue weighted by atomic mass is 10.2. The van der Waals surface area contributed by atoms with Crippen LogP contribution >= 0.6 is 0 Å². The molecule has 0 unspecified atom stereocenters. The summed E-state index contributed by atoms with van der Waals surface area (Å²) >= 11 is 0. The van der Waals surface area contributed by atoms with Crippen molar-refractivity contribution in [3.05, 3.63) is 59.7 Å². The number of para-hydroxylation sites is 1. The number of hydrogen-bond donors (Lipinski definition) is 1. The molecule has 4 nitrogen and oxygen atoms in total. The van der Waals surface area contributed by atoms with Crippen LogP contribution in [0, 0.1) is 5.82 Å². The molecule has 0 fully saturated rings. The zero-order valence-corrected chi connectivity index (χ0v) is 12.4. The van der Waals surface area contributed by atoms with Crippen molar-refractivity contribution >= 4 is 22.6 Å². The number of fused-ring (bicyclic) bond motifs is 1. The standard InChI is InChI=1S/C17H16FN3O/c1-3-16-19-14-10-11(8-9-15(14)21(16)2)17(22)20-13-7-5-4-6-12(13)18/h4-10H,3H2,1-2H3,(H,20,22). The first-order chi connectivity index (χ1) is 10.6. The molecule has 0 saturated heterocycles. The number of nitrogens with zero attached hydrogens (tertiary/aromatic N) is 2. The van der Waals surface area contributed by atoms with E-state index < -0.39 is 5.82 Å². The van der Waals surface area contributed by atoms with Crippen molar-refractivity contribution in [3.8, 4) is 0 Å². The molecule has 1 aromatic heterocycles. The van der Waals surface area contributed by atoms with Crippen molar-refractivity contribution < 1.29 is 9.18 Å². The van der Waals surface area contributed by atoms with Gasteiger partial charge in [0.2, 0.25) is 0 Å². The third-order valence-electron chi connectivity index (χ3n) is 3.67. The number of halogens is 1. The van der Waals surface area contributed by atoms with Gasteiger partial charge in [0.05, 0.1) is 16.7 Å². The fraction of sp³-hybridized carbons (Fsp3) is 0.176. The Morgan fingerprint density at radius 1 is 1.27 bits per heavy atom. The molecule has 0 aliphatic rings. The van der Waals surface area contributed by atoms with Gasteiger partial charge in [-0.3, -0.25) is 4.79 Å². The summed E-state index contributed by atoms with van der Waals surface area (Å²) in [5.41, 5.74) is 2.36. The van der Waals surface area contributed by atoms with E-state index in [2.05, 4.69) is 10.3 Å². The highest BCUT2D eigenvalue weighted by atomic mass is 19.1. The van der Waals surface area contributed by atoms with Gasteiger partial charge in [-0.15, -0.1) is 0 Å². The quantitative estimate of drug-likeness (QED) is 0.804. The number of hydrogen-bond acceptors (Lipinski definition) is 2. The summed E-state index contributed by atoms with van der Waals surface area (Å²) in [6.07, 6.45) is 0.821. The summed E-state index contributed by atoms with van der Waals surface area (Å²) in [4.78, 5) is 16.8. The zero-order valence-electron chi connectivity index (χ0n) is 12.4. The van der Waals surface area contributed by atoms with Crippen molar-refractivity contribution in [2.24, 2.45) is 7.05 Å². The van der Waals surface area contributed by atoms with Gasteiger partial charge in [-0.25, -0.2) is 9.37 Å². The van der Waals surface area contributed by atoms with Gasteiger partial charge in [0.25, 0.3) is 5.91 Å². The Hall–Kier alpha value is -2.69. The van der Waals surface area contributed by atoms with Gasteiger partial charge in [0, 0.05) is 19.0 Å². The van der Waals surface area contributed by atoms with Crippen LogP contribution < -0.4 is 5.32 Å². The van der Waals surface area contributed by atoms with Crippen molar-refractivity contribution in [2.45, 2.75) is 13.3 Å². The predicted octanol–water partition coefficient (Wildman–Crippen LogP) is 3.53. The first-order valence-electron chi connectivity index (χ1n) is 7.11. The van der Waals surface area contributed by atoms with Crippen LogP contribution in [0.3, 0.4) is 0 Å². The Balaban J connectivity index is 1.93. The van der Waals surface area contributed by atoms with E-state index in [1.54, 1.807) is 24.3 Å². The first kappa shape index (κ1) is 14.3. The van der Waals surface area contributed by atoms with Crippen LogP contribution in [0.25, 0.3) is 11.0 Å². The number of aromatic nitrogens is 2. The molecule has 2 aromatic carbocycles. The van der Waals surface area contributed by atoms with Gasteiger partial charge in [0.15, 0.2) is 0 Å². The molecule has 5 heteroatoms. The zero-order chi connectivity index (χ0) is 15.7. The smallest absolute Gasteiger partial charge is 0.255 e. The van der Waals surface area contributed by atoms with E-state index in [1.807, 2.05) is 24.6 Å². The number of imidazole rings is 1. The third kappa shape index (κ3) is 2.45. The predicted molar refractivity (Wildman–Crippen MR) is 84.4 cm³/mol. The number of benzene rings is 2. The average molecular weight is 297 g/mol. The number of carbonyl (C=O) groups excluding carboxylic acids is 1. The Morgan fingerprint density at radius 2 is 2.05 bits per heavy atom. The van der Waals surface area contributed by atoms with Crippen LogP contribution in [0.5, 0.6) is 0 Å². The normalized spacial score (nSPS) is 10.9. The van der Waals surface area contributed by atoms with E-state index in [0.717, 1.165) is 23.3 Å². The van der Waals surface area contributed by atoms with E-state index in [0.29, 0.717) is 5.56 Å². The van der Waals surface area contributed by atoms with E-state index in [4.69, 9.17) is 0 Å². The summed E-state index contributed by atoms with van der Waals surface area (Å²) in [6, 6.07) is 11.4. The van der Waals surface area contributed by atoms with Crippen molar-refractivity contribution in [1.29, 1.82) is 0 Å². The summed E-state index contributed by atoms with van der Waals surface area (Å²) < 4.78 is 15.6. The Kier molecular flexibility index (Phi) is 3.63. The lowest BCUT2D eigenvalue weighted by molar-refractivity contribution is 0.102. The number of aryl methyl sites for hydroxylation is 2. The Morgan fingerprint density at radius 3 is 2.77 bits per heavy atom. The third-order valence-corrected chi connectivity index (χ3v) is 3.67. The SMILES string of the molecule is CCc1nc2cc(C(=O)Nc3ccccc3F)ccc2n1C. The second kappa shape index (κ2) is 5.60. The second-order valence-corrected chi connectivity index (χ2v) is 5.08. The first-order valence-corrected chi connectivity index (χ1v) is 7.11. The molecule has 0 aliphatic carbocycles. The molecule has 0 bridgehead atoms. The van der Waals surface area contributed by atoms with Gasteiger partial charge in [-0.1, -0.05) is 19.1 Å². The minimum Gasteiger partial charge on any atom is -0.331 e. The van der Waals surface area contributed by atoms with Crippen molar-refractivity contribution in [1.82, 2.24) is 9.55 Å². The van der Waals surface area contributed by atoms with Crippen LogP contribution in [0.1, 0.15) is 23.1 Å². The van der Waals surface area contributed by atoms with E-state index >= 15 is 0 Å². The minimum absolute atomic E-state index is 0.169. The number of anilines is 1. The topological polar surface area (TPSA) is 46.9 Å². The van der Waals surface area contributed by atoms with Crippen LogP contribution in [-0.2, 0) is 13.5 Å². The molecule has 0 spiro atoms. The van der Waals surface area contributed by atoms with Crippen LogP contribution in [-0.4, -0.2) is 15.5 Å². The summed E-state index contributed by atoms with van der Waals surface area (Å²) in [5.74, 6) is 0.153. The lowest BCUT2D eigenvalue weighted by Crippen LogP contribution is -2.12. The van der Waals surface area contributed by atoms with Gasteiger partial charge in [0.1, 0.15) is 11.6 Å². The molecular weight excluding hydrogens is 281 g/mol. The molecular formula is C17H16FN3O. The monoisotopic (exact) mass is 297 g/mol. The number of nitrogens with one attached hydrogen (secondary N) is 1. The Labute approximate surface area is 127 Å². The summed E-state index contributed by atoms with van der Waals surface area (Å²) in [7, 11) is 1.95. The largest absolute Gasteiger partial charge is 0.331 e. The highest BCUT2D eigenvalue weighted by Crippen LogP contribution is 2.19. The maximum Gasteiger partial charge on any atom is 0.255 e. The highest BCUT2D eigenvalue weighted by Gasteiger charge is 2.12. The lowest BCUT2D eigenvalue weighted by Gasteiger charge is -2.06. The molecule has 0 radical (unpaired) electrons. The summed E-state index contributed by atoms with van der Waals surface area (Å²) in [5, 5.41) is 2.58. The Bertz CT molecular complexity index is 854. The van der Waals surface area contributed by atoms with E-state index in [9.17, 15) is 9.18 Å². The van der Waals surface area contributed by atoms with Gasteiger partial charge in [-0.2, -0.15) is 0 Å². The maximum absolute atomic E-state index is 13.6. The van der Waals surface area contributed by atoms with E-state index in [-0.39, 0.29) is 11.6 Å². The molecule has 0 aliphatic heterocycles.